The molecule has 6 rings (SSSR count). The van der Waals surface area contributed by atoms with E-state index >= 15 is 0 Å². The summed E-state index contributed by atoms with van der Waals surface area (Å²) in [6, 6.07) is 8.25. The lowest BCUT2D eigenvalue weighted by Crippen LogP contribution is -2.43. The third kappa shape index (κ3) is 4.35. The highest BCUT2D eigenvalue weighted by Gasteiger charge is 2.22. The van der Waals surface area contributed by atoms with Crippen LogP contribution >= 0.6 is 0 Å². The lowest BCUT2D eigenvalue weighted by molar-refractivity contribution is -0.0298. The molecule has 2 fully saturated rings. The van der Waals surface area contributed by atoms with Gasteiger partial charge in [-0.2, -0.15) is 9.97 Å². The minimum absolute atomic E-state index is 0.0701. The zero-order chi connectivity index (χ0) is 23.6. The fraction of sp³-hybridized carbons (Fsp3) is 0.440. The molecule has 1 unspecified atom stereocenters. The second kappa shape index (κ2) is 9.63. The number of anilines is 3. The normalized spacial score (nSPS) is 18.8. The fourth-order valence-corrected chi connectivity index (χ4v) is 4.86. The van der Waals surface area contributed by atoms with Crippen LogP contribution in [0.1, 0.15) is 32.4 Å². The molecule has 0 radical (unpaired) electrons. The van der Waals surface area contributed by atoms with E-state index in [4.69, 9.17) is 14.5 Å². The van der Waals surface area contributed by atoms with Crippen LogP contribution in [0.3, 0.4) is 0 Å². The minimum Gasteiger partial charge on any atom is -0.476 e. The van der Waals surface area contributed by atoms with Gasteiger partial charge in [0.1, 0.15) is 6.23 Å². The van der Waals surface area contributed by atoms with Crippen LogP contribution in [0.2, 0.25) is 0 Å². The van der Waals surface area contributed by atoms with Crippen LogP contribution in [0.15, 0.2) is 36.8 Å². The Balaban J connectivity index is 1.37. The van der Waals surface area contributed by atoms with E-state index in [1.54, 1.807) is 6.33 Å². The van der Waals surface area contributed by atoms with Gasteiger partial charge in [0.15, 0.2) is 11.2 Å². The fourth-order valence-electron chi connectivity index (χ4n) is 4.86. The summed E-state index contributed by atoms with van der Waals surface area (Å²) in [6.07, 6.45) is 6.74. The van der Waals surface area contributed by atoms with Crippen LogP contribution in [0.25, 0.3) is 22.1 Å². The van der Waals surface area contributed by atoms with E-state index in [1.165, 1.54) is 5.69 Å². The summed E-state index contributed by atoms with van der Waals surface area (Å²) in [7, 11) is 0. The quantitative estimate of drug-likeness (QED) is 0.434. The number of hydrogen-bond donors (Lipinski definition) is 2. The van der Waals surface area contributed by atoms with Gasteiger partial charge >= 0.3 is 0 Å². The van der Waals surface area contributed by atoms with Crippen molar-refractivity contribution in [3.63, 3.8) is 0 Å². The lowest BCUT2D eigenvalue weighted by Gasteiger charge is -2.30. The maximum Gasteiger partial charge on any atom is 0.247 e. The van der Waals surface area contributed by atoms with E-state index in [2.05, 4.69) is 42.6 Å². The highest BCUT2D eigenvalue weighted by atomic mass is 16.5. The highest BCUT2D eigenvalue weighted by Crippen LogP contribution is 2.32. The summed E-state index contributed by atoms with van der Waals surface area (Å²) in [5.41, 5.74) is 4.41. The lowest BCUT2D eigenvalue weighted by atomic mass is 10.1. The topological polar surface area (TPSA) is 102 Å². The molecule has 1 aromatic carbocycles. The Hall–Kier alpha value is -3.50. The first-order valence-corrected chi connectivity index (χ1v) is 12.4. The van der Waals surface area contributed by atoms with Crippen molar-refractivity contribution >= 4 is 39.4 Å². The molecule has 3 aromatic heterocycles. The van der Waals surface area contributed by atoms with Crippen molar-refractivity contribution in [3.05, 3.63) is 36.8 Å². The largest absolute Gasteiger partial charge is 0.476 e. The average molecular weight is 475 g/mol. The van der Waals surface area contributed by atoms with Gasteiger partial charge in [0, 0.05) is 55.7 Å². The molecule has 182 valence electrons. The molecule has 10 nitrogen and oxygen atoms in total. The number of piperazine rings is 1. The number of benzene rings is 1. The van der Waals surface area contributed by atoms with Gasteiger partial charge in [0.25, 0.3) is 0 Å². The molecule has 4 aromatic rings. The summed E-state index contributed by atoms with van der Waals surface area (Å²) in [4.78, 5) is 21.0. The number of imidazole rings is 1. The standard InChI is InChI=1S/C25H30N8O2/c1-2-34-24-22-23(33(16-28-22)21-5-3-4-14-35-21)30-25(31-24)29-17-6-7-19-18(15-17)20(8-9-27-19)32-12-10-26-11-13-32/h6-9,15-16,21,26H,2-5,10-14H2,1H3,(H,29,30,31). The van der Waals surface area contributed by atoms with Crippen molar-refractivity contribution < 1.29 is 9.47 Å². The number of pyridine rings is 1. The molecule has 5 heterocycles. The Kier molecular flexibility index (Phi) is 6.05. The third-order valence-corrected chi connectivity index (χ3v) is 6.57. The number of ether oxygens (including phenoxy) is 2. The molecule has 2 aliphatic rings. The first kappa shape index (κ1) is 22.0. The molecule has 0 bridgehead atoms. The van der Waals surface area contributed by atoms with Gasteiger partial charge < -0.3 is 25.0 Å². The van der Waals surface area contributed by atoms with E-state index in [0.29, 0.717) is 29.6 Å². The predicted octanol–water partition coefficient (Wildman–Crippen LogP) is 3.63. The number of nitrogens with zero attached hydrogens (tertiary/aromatic N) is 6. The Morgan fingerprint density at radius 2 is 2.06 bits per heavy atom. The molecule has 2 saturated heterocycles. The molecule has 10 heteroatoms. The zero-order valence-electron chi connectivity index (χ0n) is 19.9. The molecule has 2 aliphatic heterocycles. The summed E-state index contributed by atoms with van der Waals surface area (Å²) >= 11 is 0. The molecule has 35 heavy (non-hydrogen) atoms. The highest BCUT2D eigenvalue weighted by molar-refractivity contribution is 5.94. The SMILES string of the molecule is CCOc1nc(Nc2ccc3nccc(N4CCNCC4)c3c2)nc2c1ncn2C1CCCCO1. The van der Waals surface area contributed by atoms with Crippen molar-refractivity contribution in [2.75, 3.05) is 49.6 Å². The van der Waals surface area contributed by atoms with Crippen molar-refractivity contribution in [1.82, 2.24) is 29.8 Å². The molecular formula is C25H30N8O2. The van der Waals surface area contributed by atoms with Crippen LogP contribution in [-0.4, -0.2) is 63.9 Å². The Labute approximate surface area is 203 Å². The maximum absolute atomic E-state index is 5.99. The average Bonchev–Trinajstić information content (AvgIpc) is 3.34. The summed E-state index contributed by atoms with van der Waals surface area (Å²) in [5, 5.41) is 7.92. The number of rotatable bonds is 6. The maximum atomic E-state index is 5.99. The van der Waals surface area contributed by atoms with E-state index in [0.717, 1.165) is 68.6 Å². The van der Waals surface area contributed by atoms with E-state index in [9.17, 15) is 0 Å². The predicted molar refractivity (Wildman–Crippen MR) is 135 cm³/mol. The van der Waals surface area contributed by atoms with Crippen molar-refractivity contribution in [1.29, 1.82) is 0 Å². The zero-order valence-corrected chi connectivity index (χ0v) is 19.9. The van der Waals surface area contributed by atoms with E-state index in [1.807, 2.05) is 29.8 Å². The number of fused-ring (bicyclic) bond motifs is 2. The summed E-state index contributed by atoms with van der Waals surface area (Å²) in [6.45, 7) is 7.09. The van der Waals surface area contributed by atoms with Crippen molar-refractivity contribution in [2.24, 2.45) is 0 Å². The summed E-state index contributed by atoms with van der Waals surface area (Å²) in [5.74, 6) is 0.934. The molecule has 0 saturated carbocycles. The molecular weight excluding hydrogens is 444 g/mol. The Morgan fingerprint density at radius 3 is 2.89 bits per heavy atom. The third-order valence-electron chi connectivity index (χ3n) is 6.57. The molecule has 0 spiro atoms. The molecule has 2 N–H and O–H groups in total. The van der Waals surface area contributed by atoms with Crippen LogP contribution in [-0.2, 0) is 4.74 Å². The molecule has 1 atom stereocenters. The number of nitrogens with one attached hydrogen (secondary N) is 2. The minimum atomic E-state index is -0.0701. The van der Waals surface area contributed by atoms with Gasteiger partial charge in [-0.15, -0.1) is 0 Å². The Morgan fingerprint density at radius 1 is 1.14 bits per heavy atom. The van der Waals surface area contributed by atoms with Crippen molar-refractivity contribution in [3.8, 4) is 5.88 Å². The Bertz CT molecular complexity index is 1330. The second-order valence-corrected chi connectivity index (χ2v) is 8.85. The van der Waals surface area contributed by atoms with Crippen molar-refractivity contribution in [2.45, 2.75) is 32.4 Å². The van der Waals surface area contributed by atoms with Gasteiger partial charge in [-0.05, 0) is 50.5 Å². The van der Waals surface area contributed by atoms with Crippen LogP contribution < -0.4 is 20.3 Å². The summed E-state index contributed by atoms with van der Waals surface area (Å²) < 4.78 is 13.8. The monoisotopic (exact) mass is 474 g/mol. The second-order valence-electron chi connectivity index (χ2n) is 8.85. The molecule has 0 aliphatic carbocycles. The molecule has 0 amide bonds. The van der Waals surface area contributed by atoms with Gasteiger partial charge in [0.05, 0.1) is 18.5 Å². The first-order chi connectivity index (χ1) is 17.3. The smallest absolute Gasteiger partial charge is 0.247 e. The van der Waals surface area contributed by atoms with Gasteiger partial charge in [-0.1, -0.05) is 0 Å². The van der Waals surface area contributed by atoms with E-state index < -0.39 is 0 Å². The number of aromatic nitrogens is 5. The van der Waals surface area contributed by atoms with Crippen LogP contribution in [0, 0.1) is 0 Å². The van der Waals surface area contributed by atoms with E-state index in [-0.39, 0.29) is 6.23 Å². The van der Waals surface area contributed by atoms with Gasteiger partial charge in [-0.25, -0.2) is 4.98 Å². The number of hydrogen-bond acceptors (Lipinski definition) is 9. The van der Waals surface area contributed by atoms with Crippen LogP contribution in [0.5, 0.6) is 5.88 Å². The van der Waals surface area contributed by atoms with Crippen LogP contribution in [0.4, 0.5) is 17.3 Å². The van der Waals surface area contributed by atoms with Gasteiger partial charge in [-0.3, -0.25) is 9.55 Å². The first-order valence-electron chi connectivity index (χ1n) is 12.4. The van der Waals surface area contributed by atoms with Gasteiger partial charge in [0.2, 0.25) is 11.8 Å².